The van der Waals surface area contributed by atoms with Gasteiger partial charge in [0.1, 0.15) is 0 Å². The first-order valence-corrected chi connectivity index (χ1v) is 10.8. The van der Waals surface area contributed by atoms with Crippen molar-refractivity contribution in [2.24, 2.45) is 0 Å². The van der Waals surface area contributed by atoms with Gasteiger partial charge in [-0.25, -0.2) is 0 Å². The normalized spacial score (nSPS) is 16.6. The number of benzene rings is 2. The number of carbonyl (C=O) groups is 2. The molecule has 1 fully saturated rings. The Morgan fingerprint density at radius 2 is 1.83 bits per heavy atom. The number of nitrogens with one attached hydrogen (secondary N) is 2. The van der Waals surface area contributed by atoms with Gasteiger partial charge < -0.3 is 20.4 Å². The molecule has 2 aromatic carbocycles. The Kier molecular flexibility index (Phi) is 6.33. The van der Waals surface area contributed by atoms with E-state index in [4.69, 9.17) is 0 Å². The minimum atomic E-state index is -0.186. The third kappa shape index (κ3) is 4.65. The van der Waals surface area contributed by atoms with Crippen molar-refractivity contribution < 1.29 is 9.59 Å². The first-order valence-electron chi connectivity index (χ1n) is 10.8. The summed E-state index contributed by atoms with van der Waals surface area (Å²) in [4.78, 5) is 29.3. The zero-order chi connectivity index (χ0) is 20.9. The summed E-state index contributed by atoms with van der Waals surface area (Å²) in [6.45, 7) is 6.91. The largest absolute Gasteiger partial charge is 0.368 e. The van der Waals surface area contributed by atoms with Crippen LogP contribution in [-0.4, -0.2) is 56.0 Å². The van der Waals surface area contributed by atoms with Crippen molar-refractivity contribution in [3.63, 3.8) is 0 Å². The molecule has 6 heteroatoms. The van der Waals surface area contributed by atoms with Gasteiger partial charge in [-0.3, -0.25) is 9.59 Å². The molecule has 2 N–H and O–H groups in total. The first-order chi connectivity index (χ1) is 14.6. The number of hydrogen-bond acceptors (Lipinski definition) is 4. The Morgan fingerprint density at radius 1 is 1.03 bits per heavy atom. The van der Waals surface area contributed by atoms with E-state index in [1.807, 2.05) is 35.2 Å². The second-order valence-electron chi connectivity index (χ2n) is 8.10. The number of anilines is 1. The molecular weight excluding hydrogens is 376 g/mol. The van der Waals surface area contributed by atoms with E-state index in [1.54, 1.807) is 0 Å². The lowest BCUT2D eigenvalue weighted by molar-refractivity contribution is -0.130. The number of carbonyl (C=O) groups excluding carboxylic acids is 2. The highest BCUT2D eigenvalue weighted by atomic mass is 16.2. The number of fused-ring (bicyclic) bond motifs is 1. The molecule has 0 saturated carbocycles. The van der Waals surface area contributed by atoms with E-state index >= 15 is 0 Å². The molecule has 2 aliphatic heterocycles. The highest BCUT2D eigenvalue weighted by Gasteiger charge is 2.22. The molecule has 2 amide bonds. The fraction of sp³-hybridized carbons (Fsp3) is 0.417. The summed E-state index contributed by atoms with van der Waals surface area (Å²) in [5, 5.41) is 6.19. The van der Waals surface area contributed by atoms with Crippen LogP contribution >= 0.6 is 0 Å². The third-order valence-corrected chi connectivity index (χ3v) is 6.07. The Bertz CT molecular complexity index is 919. The minimum absolute atomic E-state index is 0.0239. The molecule has 2 aliphatic rings. The molecular formula is C24H30N4O2. The number of piperazine rings is 1. The maximum atomic E-state index is 12.6. The van der Waals surface area contributed by atoms with E-state index in [1.165, 1.54) is 22.4 Å². The van der Waals surface area contributed by atoms with Crippen molar-refractivity contribution in [2.45, 2.75) is 26.3 Å². The molecule has 0 atom stereocenters. The Hall–Kier alpha value is -2.86. The summed E-state index contributed by atoms with van der Waals surface area (Å²) in [7, 11) is 0. The van der Waals surface area contributed by atoms with Gasteiger partial charge in [-0.1, -0.05) is 24.3 Å². The second-order valence-corrected chi connectivity index (χ2v) is 8.10. The number of amides is 2. The average Bonchev–Trinajstić information content (AvgIpc) is 3.02. The topological polar surface area (TPSA) is 64.7 Å². The van der Waals surface area contributed by atoms with Crippen molar-refractivity contribution >= 4 is 17.5 Å². The van der Waals surface area contributed by atoms with Gasteiger partial charge in [0, 0.05) is 44.0 Å². The smallest absolute Gasteiger partial charge is 0.251 e. The van der Waals surface area contributed by atoms with Gasteiger partial charge in [0.05, 0.1) is 6.54 Å². The lowest BCUT2D eigenvalue weighted by Crippen LogP contribution is -2.51. The van der Waals surface area contributed by atoms with E-state index in [-0.39, 0.29) is 18.4 Å². The van der Waals surface area contributed by atoms with Crippen molar-refractivity contribution in [3.05, 3.63) is 64.7 Å². The van der Waals surface area contributed by atoms with E-state index in [2.05, 4.69) is 34.6 Å². The quantitative estimate of drug-likeness (QED) is 0.816. The number of para-hydroxylation sites is 1. The maximum Gasteiger partial charge on any atom is 0.251 e. The Morgan fingerprint density at radius 3 is 2.63 bits per heavy atom. The average molecular weight is 407 g/mol. The van der Waals surface area contributed by atoms with Gasteiger partial charge in [0.2, 0.25) is 5.91 Å². The van der Waals surface area contributed by atoms with Crippen LogP contribution in [0.4, 0.5) is 5.69 Å². The van der Waals surface area contributed by atoms with E-state index in [0.717, 1.165) is 39.0 Å². The monoisotopic (exact) mass is 406 g/mol. The molecule has 0 bridgehead atoms. The molecule has 2 heterocycles. The van der Waals surface area contributed by atoms with Crippen molar-refractivity contribution in [1.29, 1.82) is 0 Å². The molecule has 1 saturated heterocycles. The lowest BCUT2D eigenvalue weighted by atomic mass is 10.0. The highest BCUT2D eigenvalue weighted by molar-refractivity contribution is 5.96. The molecule has 0 radical (unpaired) electrons. The standard InChI is InChI=1S/C24H30N4O2/c1-18-5-2-3-7-22(18)27-11-13-28(14-12-27)23(29)17-26-24(30)20-9-8-19-6-4-10-25-16-21(19)15-20/h2-3,5,7-9,15,25H,4,6,10-14,16-17H2,1H3,(H,26,30). The fourth-order valence-electron chi connectivity index (χ4n) is 4.29. The van der Waals surface area contributed by atoms with Gasteiger partial charge in [-0.05, 0) is 61.2 Å². The van der Waals surface area contributed by atoms with Crippen LogP contribution in [0.1, 0.15) is 33.5 Å². The zero-order valence-corrected chi connectivity index (χ0v) is 17.6. The highest BCUT2D eigenvalue weighted by Crippen LogP contribution is 2.21. The maximum absolute atomic E-state index is 12.6. The predicted molar refractivity (Wildman–Crippen MR) is 119 cm³/mol. The van der Waals surface area contributed by atoms with Crippen LogP contribution in [0.25, 0.3) is 0 Å². The van der Waals surface area contributed by atoms with Crippen LogP contribution in [0.3, 0.4) is 0 Å². The van der Waals surface area contributed by atoms with Gasteiger partial charge >= 0.3 is 0 Å². The summed E-state index contributed by atoms with van der Waals surface area (Å²) >= 11 is 0. The molecule has 0 spiro atoms. The SMILES string of the molecule is Cc1ccccc1N1CCN(C(=O)CNC(=O)c2ccc3c(c2)CNCCC3)CC1. The molecule has 0 aliphatic carbocycles. The molecule has 0 unspecified atom stereocenters. The number of aryl methyl sites for hydroxylation is 2. The number of hydrogen-bond donors (Lipinski definition) is 2. The van der Waals surface area contributed by atoms with Crippen LogP contribution in [0, 0.1) is 6.92 Å². The first kappa shape index (κ1) is 20.4. The summed E-state index contributed by atoms with van der Waals surface area (Å²) in [6.07, 6.45) is 2.15. The fourth-order valence-corrected chi connectivity index (χ4v) is 4.29. The van der Waals surface area contributed by atoms with Crippen molar-refractivity contribution in [1.82, 2.24) is 15.5 Å². The molecule has 0 aromatic heterocycles. The van der Waals surface area contributed by atoms with E-state index < -0.39 is 0 Å². The van der Waals surface area contributed by atoms with Crippen LogP contribution in [0.2, 0.25) is 0 Å². The summed E-state index contributed by atoms with van der Waals surface area (Å²) in [5.74, 6) is -0.210. The minimum Gasteiger partial charge on any atom is -0.368 e. The molecule has 158 valence electrons. The van der Waals surface area contributed by atoms with Gasteiger partial charge in [0.15, 0.2) is 0 Å². The van der Waals surface area contributed by atoms with Gasteiger partial charge in [-0.15, -0.1) is 0 Å². The van der Waals surface area contributed by atoms with Crippen LogP contribution in [0.15, 0.2) is 42.5 Å². The third-order valence-electron chi connectivity index (χ3n) is 6.07. The number of nitrogens with zero attached hydrogens (tertiary/aromatic N) is 2. The summed E-state index contributed by atoms with van der Waals surface area (Å²) < 4.78 is 0. The number of rotatable bonds is 4. The Labute approximate surface area is 178 Å². The van der Waals surface area contributed by atoms with E-state index in [0.29, 0.717) is 18.7 Å². The summed E-state index contributed by atoms with van der Waals surface area (Å²) in [5.41, 5.74) is 5.59. The molecule has 6 nitrogen and oxygen atoms in total. The van der Waals surface area contributed by atoms with Gasteiger partial charge in [0.25, 0.3) is 5.91 Å². The van der Waals surface area contributed by atoms with E-state index in [9.17, 15) is 9.59 Å². The van der Waals surface area contributed by atoms with Crippen LogP contribution < -0.4 is 15.5 Å². The van der Waals surface area contributed by atoms with Crippen LogP contribution in [0.5, 0.6) is 0 Å². The van der Waals surface area contributed by atoms with Gasteiger partial charge in [-0.2, -0.15) is 0 Å². The Balaban J connectivity index is 1.28. The lowest BCUT2D eigenvalue weighted by Gasteiger charge is -2.36. The molecule has 2 aromatic rings. The van der Waals surface area contributed by atoms with Crippen molar-refractivity contribution in [3.8, 4) is 0 Å². The zero-order valence-electron chi connectivity index (χ0n) is 17.6. The predicted octanol–water partition coefficient (Wildman–Crippen LogP) is 2.11. The second kappa shape index (κ2) is 9.30. The molecule has 4 rings (SSSR count). The summed E-state index contributed by atoms with van der Waals surface area (Å²) in [6, 6.07) is 14.2. The van der Waals surface area contributed by atoms with Crippen molar-refractivity contribution in [2.75, 3.05) is 44.2 Å². The molecule has 30 heavy (non-hydrogen) atoms. The van der Waals surface area contributed by atoms with Crippen LogP contribution in [-0.2, 0) is 17.8 Å².